The number of nitriles is 1. The fraction of sp³-hybridized carbons (Fsp3) is 0.429. The topological polar surface area (TPSA) is 41.6 Å². The number of nitrogens with zero attached hydrogens (tertiary/aromatic N) is 3. The van der Waals surface area contributed by atoms with Crippen molar-refractivity contribution in [3.63, 3.8) is 0 Å². The van der Waals surface area contributed by atoms with E-state index >= 15 is 0 Å². The Kier molecular flexibility index (Phi) is 3.32. The van der Waals surface area contributed by atoms with Gasteiger partial charge in [-0.1, -0.05) is 26.8 Å². The van der Waals surface area contributed by atoms with Crippen LogP contribution in [0.4, 0.5) is 0 Å². The molecule has 0 N–H and O–H groups in total. The number of alkyl halides is 1. The molecule has 2 aromatic rings. The van der Waals surface area contributed by atoms with Crippen LogP contribution in [0, 0.1) is 16.7 Å². The monoisotopic (exact) mass is 261 g/mol. The van der Waals surface area contributed by atoms with Crippen molar-refractivity contribution in [2.24, 2.45) is 5.41 Å². The van der Waals surface area contributed by atoms with Crippen molar-refractivity contribution < 1.29 is 0 Å². The number of halogens is 1. The number of rotatable bonds is 2. The molecule has 18 heavy (non-hydrogen) atoms. The number of aromatic nitrogens is 2. The maximum Gasteiger partial charge on any atom is 0.124 e. The molecule has 0 radical (unpaired) electrons. The predicted molar refractivity (Wildman–Crippen MR) is 73.5 cm³/mol. The molecule has 0 amide bonds. The van der Waals surface area contributed by atoms with Gasteiger partial charge in [-0.25, -0.2) is 4.98 Å². The molecule has 0 aliphatic heterocycles. The van der Waals surface area contributed by atoms with E-state index in [1.54, 1.807) is 6.07 Å². The molecule has 1 heterocycles. The Hall–Kier alpha value is -1.53. The zero-order valence-electron chi connectivity index (χ0n) is 10.9. The lowest BCUT2D eigenvalue weighted by atomic mass is 9.96. The fourth-order valence-electron chi connectivity index (χ4n) is 2.04. The maximum atomic E-state index is 9.11. The van der Waals surface area contributed by atoms with Crippen molar-refractivity contribution in [3.05, 3.63) is 29.6 Å². The first-order valence-corrected chi connectivity index (χ1v) is 6.44. The third-order valence-corrected chi connectivity index (χ3v) is 2.97. The molecule has 0 unspecified atom stereocenters. The normalized spacial score (nSPS) is 11.7. The second-order valence-electron chi connectivity index (χ2n) is 5.59. The van der Waals surface area contributed by atoms with Crippen LogP contribution in [0.25, 0.3) is 11.0 Å². The van der Waals surface area contributed by atoms with Gasteiger partial charge in [-0.05, 0) is 17.5 Å². The lowest BCUT2D eigenvalue weighted by Crippen LogP contribution is -2.17. The molecule has 2 rings (SSSR count). The third-order valence-electron chi connectivity index (χ3n) is 2.73. The number of benzene rings is 1. The molecule has 4 heteroatoms. The van der Waals surface area contributed by atoms with Crippen molar-refractivity contribution in [2.45, 2.75) is 33.2 Å². The molecule has 1 aromatic carbocycles. The van der Waals surface area contributed by atoms with Gasteiger partial charge < -0.3 is 4.57 Å². The van der Waals surface area contributed by atoms with Gasteiger partial charge in [0.15, 0.2) is 0 Å². The summed E-state index contributed by atoms with van der Waals surface area (Å²) in [6.07, 6.45) is 0. The van der Waals surface area contributed by atoms with E-state index in [0.717, 1.165) is 23.4 Å². The van der Waals surface area contributed by atoms with Crippen molar-refractivity contribution in [1.29, 1.82) is 5.26 Å². The van der Waals surface area contributed by atoms with E-state index in [-0.39, 0.29) is 5.41 Å². The SMILES string of the molecule is CC(C)(C)Cn1c(CCl)nc2c(C#N)cccc21. The summed E-state index contributed by atoms with van der Waals surface area (Å²) in [4.78, 5) is 4.49. The van der Waals surface area contributed by atoms with Gasteiger partial charge in [-0.15, -0.1) is 11.6 Å². The van der Waals surface area contributed by atoms with Crippen LogP contribution < -0.4 is 0 Å². The molecule has 0 aliphatic carbocycles. The number of hydrogen-bond donors (Lipinski definition) is 0. The van der Waals surface area contributed by atoms with Crippen molar-refractivity contribution in [2.75, 3.05) is 0 Å². The van der Waals surface area contributed by atoms with Crippen molar-refractivity contribution >= 4 is 22.6 Å². The minimum Gasteiger partial charge on any atom is -0.326 e. The highest BCUT2D eigenvalue weighted by Crippen LogP contribution is 2.25. The van der Waals surface area contributed by atoms with Gasteiger partial charge in [0.05, 0.1) is 17.0 Å². The van der Waals surface area contributed by atoms with Gasteiger partial charge in [0, 0.05) is 6.54 Å². The second kappa shape index (κ2) is 4.62. The third kappa shape index (κ3) is 2.34. The van der Waals surface area contributed by atoms with Crippen LogP contribution in [-0.4, -0.2) is 9.55 Å². The Balaban J connectivity index is 2.68. The Morgan fingerprint density at radius 3 is 2.67 bits per heavy atom. The molecule has 0 atom stereocenters. The van der Waals surface area contributed by atoms with E-state index in [1.165, 1.54) is 0 Å². The van der Waals surface area contributed by atoms with E-state index in [2.05, 4.69) is 36.4 Å². The highest BCUT2D eigenvalue weighted by molar-refractivity contribution is 6.16. The summed E-state index contributed by atoms with van der Waals surface area (Å²) < 4.78 is 2.11. The van der Waals surface area contributed by atoms with Crippen LogP contribution in [0.1, 0.15) is 32.2 Å². The molecule has 0 aliphatic rings. The molecular formula is C14H16ClN3. The Labute approximate surface area is 112 Å². The van der Waals surface area contributed by atoms with Gasteiger partial charge in [-0.3, -0.25) is 0 Å². The van der Waals surface area contributed by atoms with E-state index in [9.17, 15) is 0 Å². The summed E-state index contributed by atoms with van der Waals surface area (Å²) in [7, 11) is 0. The zero-order chi connectivity index (χ0) is 13.3. The van der Waals surface area contributed by atoms with Gasteiger partial charge in [0.1, 0.15) is 17.4 Å². The lowest BCUT2D eigenvalue weighted by Gasteiger charge is -2.20. The van der Waals surface area contributed by atoms with E-state index in [1.807, 2.05) is 12.1 Å². The number of hydrogen-bond acceptors (Lipinski definition) is 2. The molecule has 0 saturated carbocycles. The van der Waals surface area contributed by atoms with Crippen LogP contribution in [-0.2, 0) is 12.4 Å². The molecular weight excluding hydrogens is 246 g/mol. The maximum absolute atomic E-state index is 9.11. The lowest BCUT2D eigenvalue weighted by molar-refractivity contribution is 0.344. The van der Waals surface area contributed by atoms with Crippen molar-refractivity contribution in [1.82, 2.24) is 9.55 Å². The highest BCUT2D eigenvalue weighted by Gasteiger charge is 2.18. The summed E-state index contributed by atoms with van der Waals surface area (Å²) in [6.45, 7) is 7.35. The van der Waals surface area contributed by atoms with Gasteiger partial charge >= 0.3 is 0 Å². The summed E-state index contributed by atoms with van der Waals surface area (Å²) in [5.74, 6) is 1.18. The minimum atomic E-state index is 0.136. The van der Waals surface area contributed by atoms with Crippen LogP contribution >= 0.6 is 11.6 Å². The molecule has 3 nitrogen and oxygen atoms in total. The van der Waals surface area contributed by atoms with Gasteiger partial charge in [0.25, 0.3) is 0 Å². The standard InChI is InChI=1S/C14H16ClN3/c1-14(2,3)9-18-11-6-4-5-10(8-16)13(11)17-12(18)7-15/h4-6H,7,9H2,1-3H3. The molecule has 94 valence electrons. The quantitative estimate of drug-likeness (QED) is 0.774. The van der Waals surface area contributed by atoms with E-state index in [4.69, 9.17) is 16.9 Å². The van der Waals surface area contributed by atoms with Gasteiger partial charge in [-0.2, -0.15) is 5.26 Å². The summed E-state index contributed by atoms with van der Waals surface area (Å²) >= 11 is 5.96. The second-order valence-corrected chi connectivity index (χ2v) is 5.86. The first kappa shape index (κ1) is 12.9. The molecule has 1 aromatic heterocycles. The Bertz CT molecular complexity index is 614. The summed E-state index contributed by atoms with van der Waals surface area (Å²) in [6, 6.07) is 7.84. The zero-order valence-corrected chi connectivity index (χ0v) is 11.6. The summed E-state index contributed by atoms with van der Waals surface area (Å²) in [5.41, 5.74) is 2.47. The van der Waals surface area contributed by atoms with Gasteiger partial charge in [0.2, 0.25) is 0 Å². The number of fused-ring (bicyclic) bond motifs is 1. The Morgan fingerprint density at radius 1 is 1.39 bits per heavy atom. The predicted octanol–water partition coefficient (Wildman–Crippen LogP) is 3.69. The minimum absolute atomic E-state index is 0.136. The number of para-hydroxylation sites is 1. The molecule has 0 fully saturated rings. The van der Waals surface area contributed by atoms with E-state index in [0.29, 0.717) is 11.4 Å². The number of imidazole rings is 1. The Morgan fingerprint density at radius 2 is 2.11 bits per heavy atom. The van der Waals surface area contributed by atoms with E-state index < -0.39 is 0 Å². The smallest absolute Gasteiger partial charge is 0.124 e. The fourth-order valence-corrected chi connectivity index (χ4v) is 2.24. The molecule has 0 bridgehead atoms. The molecule has 0 saturated heterocycles. The van der Waals surface area contributed by atoms with Crippen LogP contribution in [0.15, 0.2) is 18.2 Å². The van der Waals surface area contributed by atoms with Crippen LogP contribution in [0.5, 0.6) is 0 Å². The highest BCUT2D eigenvalue weighted by atomic mass is 35.5. The average Bonchev–Trinajstić information content (AvgIpc) is 2.65. The van der Waals surface area contributed by atoms with Crippen molar-refractivity contribution in [3.8, 4) is 6.07 Å². The first-order chi connectivity index (χ1) is 8.46. The average molecular weight is 262 g/mol. The summed E-state index contributed by atoms with van der Waals surface area (Å²) in [5, 5.41) is 9.11. The van der Waals surface area contributed by atoms with Crippen LogP contribution in [0.3, 0.4) is 0 Å². The first-order valence-electron chi connectivity index (χ1n) is 5.90. The molecule has 0 spiro atoms. The largest absolute Gasteiger partial charge is 0.326 e. The van der Waals surface area contributed by atoms with Crippen LogP contribution in [0.2, 0.25) is 0 Å².